The lowest BCUT2D eigenvalue weighted by Gasteiger charge is -2.26. The summed E-state index contributed by atoms with van der Waals surface area (Å²) in [4.78, 5) is 13.5. The standard InChI is InChI=1S/C18H21ClN2O4S3/c1-13-2-3-14(10-16(13)28(23,24)21-6-8-25-9-7-21)20-18(22)12-26-11-15-4-5-17(19)27-15/h2-5,10H,6-9,11-12H2,1H3,(H,20,22). The van der Waals surface area contributed by atoms with E-state index in [0.29, 0.717) is 43.3 Å². The summed E-state index contributed by atoms with van der Waals surface area (Å²) in [5, 5.41) is 2.79. The van der Waals surface area contributed by atoms with E-state index < -0.39 is 10.0 Å². The maximum Gasteiger partial charge on any atom is 0.243 e. The Morgan fingerprint density at radius 1 is 1.29 bits per heavy atom. The van der Waals surface area contributed by atoms with Gasteiger partial charge in [-0.05, 0) is 36.8 Å². The van der Waals surface area contributed by atoms with Crippen LogP contribution in [0.2, 0.25) is 4.34 Å². The molecule has 1 aromatic heterocycles. The molecule has 0 saturated carbocycles. The van der Waals surface area contributed by atoms with Crippen molar-refractivity contribution < 1.29 is 17.9 Å². The van der Waals surface area contributed by atoms with Crippen LogP contribution in [0.3, 0.4) is 0 Å². The quantitative estimate of drug-likeness (QED) is 0.683. The van der Waals surface area contributed by atoms with Crippen LogP contribution in [-0.2, 0) is 25.3 Å². The Morgan fingerprint density at radius 2 is 2.04 bits per heavy atom. The van der Waals surface area contributed by atoms with Crippen LogP contribution in [0.1, 0.15) is 10.4 Å². The molecule has 10 heteroatoms. The molecule has 0 spiro atoms. The minimum absolute atomic E-state index is 0.175. The number of hydrogen-bond acceptors (Lipinski definition) is 6. The van der Waals surface area contributed by atoms with E-state index in [-0.39, 0.29) is 16.6 Å². The minimum Gasteiger partial charge on any atom is -0.379 e. The summed E-state index contributed by atoms with van der Waals surface area (Å²) >= 11 is 8.88. The van der Waals surface area contributed by atoms with Gasteiger partial charge in [0.25, 0.3) is 0 Å². The summed E-state index contributed by atoms with van der Waals surface area (Å²) in [5.74, 6) is 0.802. The summed E-state index contributed by atoms with van der Waals surface area (Å²) in [6.45, 7) is 3.20. The molecule has 1 fully saturated rings. The molecule has 28 heavy (non-hydrogen) atoms. The number of benzene rings is 1. The first-order valence-corrected chi connectivity index (χ1v) is 12.5. The van der Waals surface area contributed by atoms with Crippen LogP contribution in [0.15, 0.2) is 35.2 Å². The Balaban J connectivity index is 1.63. The minimum atomic E-state index is -3.62. The number of aryl methyl sites for hydroxylation is 1. The van der Waals surface area contributed by atoms with Crippen molar-refractivity contribution in [1.82, 2.24) is 4.31 Å². The number of hydrogen-bond donors (Lipinski definition) is 1. The Labute approximate surface area is 178 Å². The number of ether oxygens (including phenoxy) is 1. The molecule has 2 aromatic rings. The highest BCUT2D eigenvalue weighted by molar-refractivity contribution is 7.99. The molecule has 0 bridgehead atoms. The molecule has 1 aliphatic heterocycles. The molecule has 1 N–H and O–H groups in total. The molecule has 152 valence electrons. The van der Waals surface area contributed by atoms with Crippen molar-refractivity contribution in [1.29, 1.82) is 0 Å². The zero-order valence-electron chi connectivity index (χ0n) is 15.3. The van der Waals surface area contributed by atoms with Gasteiger partial charge >= 0.3 is 0 Å². The molecule has 2 heterocycles. The van der Waals surface area contributed by atoms with Crippen molar-refractivity contribution in [3.05, 3.63) is 45.1 Å². The van der Waals surface area contributed by atoms with Crippen molar-refractivity contribution in [2.75, 3.05) is 37.4 Å². The second-order valence-corrected chi connectivity index (χ2v) is 10.9. The van der Waals surface area contributed by atoms with Gasteiger partial charge in [-0.3, -0.25) is 4.79 Å². The number of halogens is 1. The van der Waals surface area contributed by atoms with Gasteiger partial charge in [0.1, 0.15) is 0 Å². The van der Waals surface area contributed by atoms with E-state index >= 15 is 0 Å². The van der Waals surface area contributed by atoms with E-state index in [0.717, 1.165) is 9.21 Å². The molecule has 1 amide bonds. The Morgan fingerprint density at radius 3 is 2.71 bits per heavy atom. The number of thiophene rings is 1. The summed E-state index contributed by atoms with van der Waals surface area (Å²) < 4.78 is 33.2. The van der Waals surface area contributed by atoms with Crippen LogP contribution >= 0.6 is 34.7 Å². The number of amides is 1. The number of carbonyl (C=O) groups excluding carboxylic acids is 1. The normalized spacial score (nSPS) is 15.5. The SMILES string of the molecule is Cc1ccc(NC(=O)CSCc2ccc(Cl)s2)cc1S(=O)(=O)N1CCOCC1. The van der Waals surface area contributed by atoms with Crippen molar-refractivity contribution in [2.24, 2.45) is 0 Å². The fourth-order valence-corrected chi connectivity index (χ4v) is 6.44. The average molecular weight is 461 g/mol. The largest absolute Gasteiger partial charge is 0.379 e. The maximum absolute atomic E-state index is 12.9. The number of nitrogens with zero attached hydrogens (tertiary/aromatic N) is 1. The molecule has 3 rings (SSSR count). The van der Waals surface area contributed by atoms with Crippen LogP contribution in [0, 0.1) is 6.92 Å². The van der Waals surface area contributed by atoms with Crippen LogP contribution in [0.4, 0.5) is 5.69 Å². The van der Waals surface area contributed by atoms with Crippen molar-refractivity contribution in [3.8, 4) is 0 Å². The van der Waals surface area contributed by atoms with Gasteiger partial charge in [-0.1, -0.05) is 17.7 Å². The number of nitrogens with one attached hydrogen (secondary N) is 1. The second kappa shape index (κ2) is 9.60. The first kappa shape index (κ1) is 21.6. The number of thioether (sulfide) groups is 1. The Hall–Kier alpha value is -1.10. The highest BCUT2D eigenvalue weighted by Gasteiger charge is 2.28. The molecule has 1 aliphatic rings. The predicted octanol–water partition coefficient (Wildman–Crippen LogP) is 3.60. The van der Waals surface area contributed by atoms with Gasteiger partial charge < -0.3 is 10.1 Å². The van der Waals surface area contributed by atoms with Crippen molar-refractivity contribution in [3.63, 3.8) is 0 Å². The first-order valence-electron chi connectivity index (χ1n) is 8.66. The summed E-state index contributed by atoms with van der Waals surface area (Å²) in [6, 6.07) is 8.74. The van der Waals surface area contributed by atoms with E-state index in [1.165, 1.54) is 33.5 Å². The lowest BCUT2D eigenvalue weighted by molar-refractivity contribution is -0.113. The molecule has 0 unspecified atom stereocenters. The van der Waals surface area contributed by atoms with Gasteiger partial charge in [0, 0.05) is 29.4 Å². The number of morpholine rings is 1. The highest BCUT2D eigenvalue weighted by atomic mass is 35.5. The van der Waals surface area contributed by atoms with Gasteiger partial charge in [-0.15, -0.1) is 23.1 Å². The van der Waals surface area contributed by atoms with Crippen LogP contribution < -0.4 is 5.32 Å². The average Bonchev–Trinajstić information content (AvgIpc) is 3.09. The summed E-state index contributed by atoms with van der Waals surface area (Å²) in [5.41, 5.74) is 1.12. The zero-order valence-corrected chi connectivity index (χ0v) is 18.5. The number of carbonyl (C=O) groups is 1. The van der Waals surface area contributed by atoms with E-state index in [1.54, 1.807) is 19.1 Å². The van der Waals surface area contributed by atoms with E-state index in [4.69, 9.17) is 16.3 Å². The fourth-order valence-electron chi connectivity index (χ4n) is 2.75. The fraction of sp³-hybridized carbons (Fsp3) is 0.389. The molecule has 1 saturated heterocycles. The number of sulfonamides is 1. The third-order valence-electron chi connectivity index (χ3n) is 4.17. The van der Waals surface area contributed by atoms with E-state index in [1.807, 2.05) is 12.1 Å². The number of rotatable bonds is 7. The third-order valence-corrected chi connectivity index (χ3v) is 8.60. The smallest absolute Gasteiger partial charge is 0.243 e. The molecule has 0 atom stereocenters. The molecule has 6 nitrogen and oxygen atoms in total. The molecular weight excluding hydrogens is 440 g/mol. The third kappa shape index (κ3) is 5.49. The van der Waals surface area contributed by atoms with Crippen LogP contribution in [-0.4, -0.2) is 50.7 Å². The predicted molar refractivity (Wildman–Crippen MR) is 115 cm³/mol. The lowest BCUT2D eigenvalue weighted by atomic mass is 10.2. The van der Waals surface area contributed by atoms with E-state index in [9.17, 15) is 13.2 Å². The first-order chi connectivity index (χ1) is 13.4. The molecule has 0 aliphatic carbocycles. The monoisotopic (exact) mass is 460 g/mol. The van der Waals surface area contributed by atoms with Gasteiger partial charge in [0.05, 0.1) is 28.2 Å². The molecule has 0 radical (unpaired) electrons. The van der Waals surface area contributed by atoms with Gasteiger partial charge in [-0.2, -0.15) is 4.31 Å². The van der Waals surface area contributed by atoms with E-state index in [2.05, 4.69) is 5.32 Å². The summed E-state index contributed by atoms with van der Waals surface area (Å²) in [6.07, 6.45) is 0. The lowest BCUT2D eigenvalue weighted by Crippen LogP contribution is -2.40. The second-order valence-electron chi connectivity index (χ2n) is 6.24. The topological polar surface area (TPSA) is 75.7 Å². The van der Waals surface area contributed by atoms with Crippen molar-refractivity contribution in [2.45, 2.75) is 17.6 Å². The number of anilines is 1. The Bertz CT molecular complexity index is 940. The van der Waals surface area contributed by atoms with Gasteiger partial charge in [0.15, 0.2) is 0 Å². The highest BCUT2D eigenvalue weighted by Crippen LogP contribution is 2.26. The molecular formula is C18H21ClN2O4S3. The van der Waals surface area contributed by atoms with Gasteiger partial charge in [-0.25, -0.2) is 8.42 Å². The maximum atomic E-state index is 12.9. The van der Waals surface area contributed by atoms with Gasteiger partial charge in [0.2, 0.25) is 15.9 Å². The molecule has 1 aromatic carbocycles. The van der Waals surface area contributed by atoms with Crippen molar-refractivity contribution >= 4 is 56.3 Å². The van der Waals surface area contributed by atoms with Crippen LogP contribution in [0.5, 0.6) is 0 Å². The summed E-state index contributed by atoms with van der Waals surface area (Å²) in [7, 11) is -3.62. The Kier molecular flexibility index (Phi) is 7.41. The zero-order chi connectivity index (χ0) is 20.1. The van der Waals surface area contributed by atoms with Crippen LogP contribution in [0.25, 0.3) is 0 Å².